The lowest BCUT2D eigenvalue weighted by atomic mass is 10.1. The van der Waals surface area contributed by atoms with E-state index in [9.17, 15) is 8.42 Å². The Balaban J connectivity index is 2.06. The van der Waals surface area contributed by atoms with Crippen molar-refractivity contribution in [1.29, 1.82) is 0 Å². The topological polar surface area (TPSA) is 76.0 Å². The predicted molar refractivity (Wildman–Crippen MR) is 83.6 cm³/mol. The summed E-state index contributed by atoms with van der Waals surface area (Å²) in [6, 6.07) is 0. The third-order valence-corrected chi connectivity index (χ3v) is 4.31. The van der Waals surface area contributed by atoms with E-state index in [1.807, 2.05) is 0 Å². The minimum atomic E-state index is -3.10. The van der Waals surface area contributed by atoms with Crippen LogP contribution in [0.2, 0.25) is 0 Å². The Morgan fingerprint density at radius 2 is 2.19 bits per heavy atom. The quantitative estimate of drug-likeness (QED) is 0.725. The Bertz CT molecular complexity index is 578. The molecule has 1 aliphatic heterocycles. The average Bonchev–Trinajstić information content (AvgIpc) is 2.70. The first-order valence-electron chi connectivity index (χ1n) is 7.59. The van der Waals surface area contributed by atoms with Crippen molar-refractivity contribution in [2.45, 2.75) is 46.2 Å². The zero-order valence-corrected chi connectivity index (χ0v) is 14.0. The van der Waals surface area contributed by atoms with E-state index in [2.05, 4.69) is 28.5 Å². The summed E-state index contributed by atoms with van der Waals surface area (Å²) in [5.41, 5.74) is 2.48. The fourth-order valence-electron chi connectivity index (χ4n) is 2.71. The van der Waals surface area contributed by atoms with Gasteiger partial charge in [-0.15, -0.1) is 0 Å². The van der Waals surface area contributed by atoms with Gasteiger partial charge in [-0.1, -0.05) is 13.8 Å². The fourth-order valence-corrected chi connectivity index (χ4v) is 3.22. The standard InChI is InChI=1S/C14H26N4O2S/c1-11(2)9-14-17-12-10-15-7-5-13(12)18(14)8-4-6-16-21(3,19)20/h11,15-16H,4-10H2,1-3H3. The van der Waals surface area contributed by atoms with Gasteiger partial charge in [0.2, 0.25) is 10.0 Å². The third kappa shape index (κ3) is 4.79. The normalized spacial score (nSPS) is 15.4. The van der Waals surface area contributed by atoms with Gasteiger partial charge in [0.25, 0.3) is 0 Å². The summed E-state index contributed by atoms with van der Waals surface area (Å²) in [6.07, 6.45) is 3.95. The Labute approximate surface area is 127 Å². The molecule has 1 aliphatic rings. The van der Waals surface area contributed by atoms with Gasteiger partial charge in [-0.25, -0.2) is 18.1 Å². The highest BCUT2D eigenvalue weighted by atomic mass is 32.2. The van der Waals surface area contributed by atoms with Crippen LogP contribution in [0.25, 0.3) is 0 Å². The van der Waals surface area contributed by atoms with Crippen molar-refractivity contribution >= 4 is 10.0 Å². The number of sulfonamides is 1. The molecular formula is C14H26N4O2S. The van der Waals surface area contributed by atoms with Gasteiger partial charge >= 0.3 is 0 Å². The Kier molecular flexibility index (Phi) is 5.40. The van der Waals surface area contributed by atoms with Crippen LogP contribution < -0.4 is 10.0 Å². The van der Waals surface area contributed by atoms with Crippen LogP contribution in [-0.2, 0) is 36.0 Å². The molecule has 2 rings (SSSR count). The van der Waals surface area contributed by atoms with Gasteiger partial charge in [0.15, 0.2) is 0 Å². The van der Waals surface area contributed by atoms with Crippen LogP contribution in [0.15, 0.2) is 0 Å². The van der Waals surface area contributed by atoms with E-state index < -0.39 is 10.0 Å². The van der Waals surface area contributed by atoms with Crippen LogP contribution in [0.5, 0.6) is 0 Å². The maximum atomic E-state index is 11.1. The number of aromatic nitrogens is 2. The van der Waals surface area contributed by atoms with Gasteiger partial charge in [0.1, 0.15) is 5.82 Å². The van der Waals surface area contributed by atoms with E-state index >= 15 is 0 Å². The van der Waals surface area contributed by atoms with Crippen molar-refractivity contribution in [1.82, 2.24) is 19.6 Å². The number of fused-ring (bicyclic) bond motifs is 1. The molecule has 0 spiro atoms. The van der Waals surface area contributed by atoms with E-state index in [0.717, 1.165) is 50.4 Å². The van der Waals surface area contributed by atoms with Crippen LogP contribution in [-0.4, -0.2) is 37.3 Å². The van der Waals surface area contributed by atoms with Crippen molar-refractivity contribution < 1.29 is 8.42 Å². The molecule has 120 valence electrons. The highest BCUT2D eigenvalue weighted by Crippen LogP contribution is 2.19. The molecule has 2 N–H and O–H groups in total. The monoisotopic (exact) mass is 314 g/mol. The fraction of sp³-hybridized carbons (Fsp3) is 0.786. The number of hydrogen-bond donors (Lipinski definition) is 2. The number of hydrogen-bond acceptors (Lipinski definition) is 4. The lowest BCUT2D eigenvalue weighted by Gasteiger charge is -2.16. The molecule has 0 fully saturated rings. The lowest BCUT2D eigenvalue weighted by Crippen LogP contribution is -2.26. The van der Waals surface area contributed by atoms with E-state index in [4.69, 9.17) is 4.98 Å². The van der Waals surface area contributed by atoms with E-state index in [-0.39, 0.29) is 0 Å². The summed E-state index contributed by atoms with van der Waals surface area (Å²) in [6.45, 7) is 7.53. The van der Waals surface area contributed by atoms with E-state index in [0.29, 0.717) is 12.5 Å². The Morgan fingerprint density at radius 1 is 1.43 bits per heavy atom. The molecule has 2 heterocycles. The van der Waals surface area contributed by atoms with Gasteiger partial charge in [-0.3, -0.25) is 0 Å². The summed E-state index contributed by atoms with van der Waals surface area (Å²) in [5, 5.41) is 3.35. The van der Waals surface area contributed by atoms with Gasteiger partial charge < -0.3 is 9.88 Å². The van der Waals surface area contributed by atoms with Crippen molar-refractivity contribution in [3.05, 3.63) is 17.2 Å². The third-order valence-electron chi connectivity index (χ3n) is 3.58. The molecule has 7 heteroatoms. The van der Waals surface area contributed by atoms with Crippen LogP contribution in [0.3, 0.4) is 0 Å². The number of imidazole rings is 1. The summed E-state index contributed by atoms with van der Waals surface area (Å²) in [4.78, 5) is 4.78. The predicted octanol–water partition coefficient (Wildman–Crippen LogP) is 0.667. The summed E-state index contributed by atoms with van der Waals surface area (Å²) >= 11 is 0. The molecule has 1 aromatic rings. The Morgan fingerprint density at radius 3 is 2.86 bits per heavy atom. The van der Waals surface area contributed by atoms with Gasteiger partial charge in [0.05, 0.1) is 11.9 Å². The maximum Gasteiger partial charge on any atom is 0.208 e. The Hall–Kier alpha value is -0.920. The van der Waals surface area contributed by atoms with Gasteiger partial charge in [-0.2, -0.15) is 0 Å². The molecule has 0 amide bonds. The van der Waals surface area contributed by atoms with E-state index in [1.165, 1.54) is 11.9 Å². The van der Waals surface area contributed by atoms with Crippen molar-refractivity contribution in [2.75, 3.05) is 19.3 Å². The SMILES string of the molecule is CC(C)Cc1nc2c(n1CCCNS(C)(=O)=O)CCNC2. The maximum absolute atomic E-state index is 11.1. The molecule has 0 saturated heterocycles. The molecule has 0 unspecified atom stereocenters. The molecule has 0 atom stereocenters. The van der Waals surface area contributed by atoms with E-state index in [1.54, 1.807) is 0 Å². The molecule has 0 saturated carbocycles. The molecule has 0 aliphatic carbocycles. The van der Waals surface area contributed by atoms with Crippen molar-refractivity contribution in [3.63, 3.8) is 0 Å². The highest BCUT2D eigenvalue weighted by molar-refractivity contribution is 7.88. The summed E-state index contributed by atoms with van der Waals surface area (Å²) in [5.74, 6) is 1.70. The molecule has 1 aromatic heterocycles. The molecule has 0 bridgehead atoms. The second-order valence-corrected chi connectivity index (χ2v) is 7.95. The average molecular weight is 314 g/mol. The van der Waals surface area contributed by atoms with Crippen LogP contribution in [0, 0.1) is 5.92 Å². The highest BCUT2D eigenvalue weighted by Gasteiger charge is 2.19. The number of nitrogens with one attached hydrogen (secondary N) is 2. The first-order valence-corrected chi connectivity index (χ1v) is 9.48. The first-order chi connectivity index (χ1) is 9.87. The van der Waals surface area contributed by atoms with Crippen molar-refractivity contribution in [2.24, 2.45) is 5.92 Å². The minimum absolute atomic E-state index is 0.477. The van der Waals surface area contributed by atoms with Crippen LogP contribution >= 0.6 is 0 Å². The summed E-state index contributed by atoms with van der Waals surface area (Å²) < 4.78 is 27.1. The van der Waals surface area contributed by atoms with Gasteiger partial charge in [0, 0.05) is 44.7 Å². The smallest absolute Gasteiger partial charge is 0.208 e. The molecule has 0 aromatic carbocycles. The van der Waals surface area contributed by atoms with Crippen molar-refractivity contribution in [3.8, 4) is 0 Å². The lowest BCUT2D eigenvalue weighted by molar-refractivity contribution is 0.529. The number of rotatable bonds is 7. The zero-order valence-electron chi connectivity index (χ0n) is 13.1. The van der Waals surface area contributed by atoms with Gasteiger partial charge in [-0.05, 0) is 12.3 Å². The molecular weight excluding hydrogens is 288 g/mol. The molecule has 6 nitrogen and oxygen atoms in total. The zero-order chi connectivity index (χ0) is 15.5. The second kappa shape index (κ2) is 6.89. The molecule has 21 heavy (non-hydrogen) atoms. The first kappa shape index (κ1) is 16.5. The minimum Gasteiger partial charge on any atom is -0.332 e. The largest absolute Gasteiger partial charge is 0.332 e. The number of nitrogens with zero attached hydrogens (tertiary/aromatic N) is 2. The second-order valence-electron chi connectivity index (χ2n) is 6.12. The summed E-state index contributed by atoms with van der Waals surface area (Å²) in [7, 11) is -3.10. The molecule has 0 radical (unpaired) electrons. The van der Waals surface area contributed by atoms with Crippen LogP contribution in [0.4, 0.5) is 0 Å². The van der Waals surface area contributed by atoms with Crippen LogP contribution in [0.1, 0.15) is 37.5 Å².